The number of nitrogens with one attached hydrogen (secondary N) is 2. The van der Waals surface area contributed by atoms with Gasteiger partial charge in [0.1, 0.15) is 0 Å². The Morgan fingerprint density at radius 3 is 2.70 bits per heavy atom. The molecule has 27 heavy (non-hydrogen) atoms. The molecule has 2 fully saturated rings. The highest BCUT2D eigenvalue weighted by molar-refractivity contribution is 5.59. The highest BCUT2D eigenvalue weighted by atomic mass is 16.5. The molecule has 0 bridgehead atoms. The van der Waals surface area contributed by atoms with Crippen LogP contribution in [0.3, 0.4) is 0 Å². The van der Waals surface area contributed by atoms with Gasteiger partial charge in [0.15, 0.2) is 5.82 Å². The molecule has 0 aliphatic carbocycles. The molecule has 2 saturated heterocycles. The average Bonchev–Trinajstić information content (AvgIpc) is 3.22. The van der Waals surface area contributed by atoms with Crippen molar-refractivity contribution >= 4 is 23.1 Å². The lowest BCUT2D eigenvalue weighted by Gasteiger charge is -2.32. The van der Waals surface area contributed by atoms with Gasteiger partial charge in [-0.05, 0) is 55.9 Å². The van der Waals surface area contributed by atoms with Gasteiger partial charge in [-0.2, -0.15) is 10.1 Å². The highest BCUT2D eigenvalue weighted by Gasteiger charge is 2.16. The minimum Gasteiger partial charge on any atom is -0.376 e. The fraction of sp³-hybridized carbons (Fsp3) is 0.550. The number of benzene rings is 1. The number of aromatic nitrogens is 3. The largest absolute Gasteiger partial charge is 0.376 e. The molecule has 4 rings (SSSR count). The summed E-state index contributed by atoms with van der Waals surface area (Å²) in [5.41, 5.74) is 2.24. The Balaban J connectivity index is 1.33. The van der Waals surface area contributed by atoms with Crippen molar-refractivity contribution in [2.75, 3.05) is 41.8 Å². The van der Waals surface area contributed by atoms with Gasteiger partial charge in [0.05, 0.1) is 12.3 Å². The first-order chi connectivity index (χ1) is 13.3. The summed E-state index contributed by atoms with van der Waals surface area (Å²) >= 11 is 0. The fourth-order valence-corrected chi connectivity index (χ4v) is 3.62. The number of nitrogens with zero attached hydrogens (tertiary/aromatic N) is 4. The van der Waals surface area contributed by atoms with Crippen LogP contribution in [0, 0.1) is 5.92 Å². The zero-order valence-electron chi connectivity index (χ0n) is 15.9. The molecular formula is C20H28N6O. The van der Waals surface area contributed by atoms with Crippen molar-refractivity contribution in [3.05, 3.63) is 30.5 Å². The number of piperidine rings is 1. The Bertz CT molecular complexity index is 724. The monoisotopic (exact) mass is 368 g/mol. The summed E-state index contributed by atoms with van der Waals surface area (Å²) in [5.74, 6) is 2.04. The Morgan fingerprint density at radius 2 is 1.96 bits per heavy atom. The van der Waals surface area contributed by atoms with Gasteiger partial charge < -0.3 is 20.3 Å². The predicted molar refractivity (Wildman–Crippen MR) is 108 cm³/mol. The van der Waals surface area contributed by atoms with Crippen LogP contribution >= 0.6 is 0 Å². The molecule has 0 radical (unpaired) electrons. The van der Waals surface area contributed by atoms with E-state index in [4.69, 9.17) is 4.74 Å². The molecule has 0 spiro atoms. The van der Waals surface area contributed by atoms with Crippen molar-refractivity contribution < 1.29 is 4.74 Å². The van der Waals surface area contributed by atoms with Gasteiger partial charge in [-0.25, -0.2) is 0 Å². The number of ether oxygens (including phenoxy) is 1. The van der Waals surface area contributed by atoms with Crippen molar-refractivity contribution in [1.82, 2.24) is 15.2 Å². The Morgan fingerprint density at radius 1 is 1.15 bits per heavy atom. The third-order valence-corrected chi connectivity index (χ3v) is 5.37. The van der Waals surface area contributed by atoms with E-state index in [1.165, 1.54) is 18.5 Å². The van der Waals surface area contributed by atoms with Crippen LogP contribution in [0.1, 0.15) is 32.6 Å². The first-order valence-corrected chi connectivity index (χ1v) is 9.93. The molecule has 0 saturated carbocycles. The predicted octanol–water partition coefficient (Wildman–Crippen LogP) is 3.44. The second-order valence-electron chi connectivity index (χ2n) is 7.52. The standard InChI is InChI=1S/C20H28N6O/c1-15-8-10-26(11-9-15)17-6-4-16(5-7-17)23-20-24-19(14-22-25-20)21-13-18-3-2-12-27-18/h4-7,14-15,18H,2-3,8-13H2,1H3,(H2,21,23,24,25). The van der Waals surface area contributed by atoms with Crippen molar-refractivity contribution in [3.8, 4) is 0 Å². The maximum absolute atomic E-state index is 5.62. The Kier molecular flexibility index (Phi) is 5.67. The van der Waals surface area contributed by atoms with Crippen LogP contribution in [0.4, 0.5) is 23.1 Å². The van der Waals surface area contributed by atoms with Gasteiger partial charge in [0.25, 0.3) is 0 Å². The maximum Gasteiger partial charge on any atom is 0.249 e. The topological polar surface area (TPSA) is 75.2 Å². The molecule has 1 aromatic carbocycles. The third-order valence-electron chi connectivity index (χ3n) is 5.37. The van der Waals surface area contributed by atoms with E-state index in [0.29, 0.717) is 11.8 Å². The van der Waals surface area contributed by atoms with E-state index >= 15 is 0 Å². The van der Waals surface area contributed by atoms with Gasteiger partial charge in [0, 0.05) is 37.6 Å². The van der Waals surface area contributed by atoms with E-state index in [2.05, 4.69) is 61.9 Å². The minimum atomic E-state index is 0.265. The zero-order chi connectivity index (χ0) is 18.5. The molecule has 2 aliphatic heterocycles. The molecule has 144 valence electrons. The highest BCUT2D eigenvalue weighted by Crippen LogP contribution is 2.25. The molecule has 2 N–H and O–H groups in total. The first kappa shape index (κ1) is 18.0. The van der Waals surface area contributed by atoms with Crippen LogP contribution in [-0.4, -0.2) is 47.5 Å². The maximum atomic E-state index is 5.62. The normalized spacial score (nSPS) is 20.6. The van der Waals surface area contributed by atoms with Gasteiger partial charge in [-0.1, -0.05) is 6.92 Å². The molecule has 2 aliphatic rings. The Hall–Kier alpha value is -2.41. The lowest BCUT2D eigenvalue weighted by molar-refractivity contribution is 0.120. The van der Waals surface area contributed by atoms with E-state index in [9.17, 15) is 0 Å². The van der Waals surface area contributed by atoms with E-state index in [1.807, 2.05) is 0 Å². The summed E-state index contributed by atoms with van der Waals surface area (Å²) in [6.45, 7) is 6.22. The van der Waals surface area contributed by atoms with Crippen molar-refractivity contribution in [2.45, 2.75) is 38.7 Å². The van der Waals surface area contributed by atoms with Crippen molar-refractivity contribution in [3.63, 3.8) is 0 Å². The molecule has 7 heteroatoms. The van der Waals surface area contributed by atoms with Crippen LogP contribution in [0.15, 0.2) is 30.5 Å². The van der Waals surface area contributed by atoms with Gasteiger partial charge in [-0.3, -0.25) is 0 Å². The SMILES string of the molecule is CC1CCN(c2ccc(Nc3nncc(NCC4CCCO4)n3)cc2)CC1. The molecule has 0 amide bonds. The van der Waals surface area contributed by atoms with E-state index < -0.39 is 0 Å². The van der Waals surface area contributed by atoms with Gasteiger partial charge >= 0.3 is 0 Å². The van der Waals surface area contributed by atoms with Crippen LogP contribution < -0.4 is 15.5 Å². The van der Waals surface area contributed by atoms with Gasteiger partial charge in [-0.15, -0.1) is 5.10 Å². The second-order valence-corrected chi connectivity index (χ2v) is 7.52. The average molecular weight is 368 g/mol. The molecule has 1 aromatic heterocycles. The number of hydrogen-bond donors (Lipinski definition) is 2. The summed E-state index contributed by atoms with van der Waals surface area (Å²) in [4.78, 5) is 6.94. The van der Waals surface area contributed by atoms with Crippen LogP contribution in [0.25, 0.3) is 0 Å². The summed E-state index contributed by atoms with van der Waals surface area (Å²) in [5, 5.41) is 14.6. The van der Waals surface area contributed by atoms with Crippen LogP contribution in [0.5, 0.6) is 0 Å². The Labute approximate surface area is 160 Å². The number of hydrogen-bond acceptors (Lipinski definition) is 7. The van der Waals surface area contributed by atoms with E-state index in [1.54, 1.807) is 6.20 Å². The summed E-state index contributed by atoms with van der Waals surface area (Å²) in [6, 6.07) is 8.46. The lowest BCUT2D eigenvalue weighted by atomic mass is 9.99. The molecule has 1 atom stereocenters. The summed E-state index contributed by atoms with van der Waals surface area (Å²) in [7, 11) is 0. The summed E-state index contributed by atoms with van der Waals surface area (Å²) < 4.78 is 5.62. The molecule has 2 aromatic rings. The summed E-state index contributed by atoms with van der Waals surface area (Å²) in [6.07, 6.45) is 6.67. The lowest BCUT2D eigenvalue weighted by Crippen LogP contribution is -2.32. The molecular weight excluding hydrogens is 340 g/mol. The van der Waals surface area contributed by atoms with Gasteiger partial charge in [0.2, 0.25) is 5.95 Å². The first-order valence-electron chi connectivity index (χ1n) is 9.93. The molecule has 3 heterocycles. The van der Waals surface area contributed by atoms with Crippen molar-refractivity contribution in [2.24, 2.45) is 5.92 Å². The quantitative estimate of drug-likeness (QED) is 0.809. The van der Waals surface area contributed by atoms with Crippen molar-refractivity contribution in [1.29, 1.82) is 0 Å². The fourth-order valence-electron chi connectivity index (χ4n) is 3.62. The zero-order valence-corrected chi connectivity index (χ0v) is 15.9. The van der Waals surface area contributed by atoms with Crippen LogP contribution in [-0.2, 0) is 4.74 Å². The van der Waals surface area contributed by atoms with Crippen LogP contribution in [0.2, 0.25) is 0 Å². The number of rotatable bonds is 6. The second kappa shape index (κ2) is 8.52. The smallest absolute Gasteiger partial charge is 0.249 e. The molecule has 1 unspecified atom stereocenters. The minimum absolute atomic E-state index is 0.265. The van der Waals surface area contributed by atoms with E-state index in [-0.39, 0.29) is 6.10 Å². The third kappa shape index (κ3) is 4.86. The molecule has 7 nitrogen and oxygen atoms in total. The number of anilines is 4. The van der Waals surface area contributed by atoms with E-state index in [0.717, 1.165) is 50.7 Å².